The molecule has 0 unspecified atom stereocenters. The first-order valence-corrected chi connectivity index (χ1v) is 7.30. The van der Waals surface area contributed by atoms with Crippen LogP contribution in [0.15, 0.2) is 47.5 Å². The van der Waals surface area contributed by atoms with Crippen molar-refractivity contribution in [2.24, 2.45) is 0 Å². The van der Waals surface area contributed by atoms with E-state index in [0.717, 1.165) is 12.3 Å². The highest BCUT2D eigenvalue weighted by Gasteiger charge is 2.17. The van der Waals surface area contributed by atoms with Crippen molar-refractivity contribution in [2.75, 3.05) is 0 Å². The summed E-state index contributed by atoms with van der Waals surface area (Å²) in [5.74, 6) is -1.69. The van der Waals surface area contributed by atoms with Crippen molar-refractivity contribution in [3.8, 4) is 11.5 Å². The van der Waals surface area contributed by atoms with Gasteiger partial charge in [0.25, 0.3) is 5.56 Å². The van der Waals surface area contributed by atoms with Crippen LogP contribution in [0.3, 0.4) is 0 Å². The van der Waals surface area contributed by atoms with Crippen molar-refractivity contribution >= 4 is 11.0 Å². The fourth-order valence-corrected chi connectivity index (χ4v) is 2.55. The zero-order valence-electron chi connectivity index (χ0n) is 12.6. The molecule has 7 nitrogen and oxygen atoms in total. The van der Waals surface area contributed by atoms with E-state index in [9.17, 15) is 13.6 Å². The Kier molecular flexibility index (Phi) is 3.53. The van der Waals surface area contributed by atoms with Crippen molar-refractivity contribution in [1.82, 2.24) is 29.9 Å². The SMILES string of the molecule is O=c1cnnc(-c2nn(Cc3cccc(F)c3F)c3ncccc23)[nH]1. The van der Waals surface area contributed by atoms with Crippen LogP contribution < -0.4 is 5.56 Å². The van der Waals surface area contributed by atoms with Crippen molar-refractivity contribution in [1.29, 1.82) is 0 Å². The van der Waals surface area contributed by atoms with E-state index in [1.54, 1.807) is 18.3 Å². The molecular formula is C16H10F2N6O. The van der Waals surface area contributed by atoms with Gasteiger partial charge >= 0.3 is 0 Å². The molecule has 4 aromatic rings. The van der Waals surface area contributed by atoms with Crippen LogP contribution in [0, 0.1) is 11.6 Å². The van der Waals surface area contributed by atoms with E-state index in [0.29, 0.717) is 16.7 Å². The number of pyridine rings is 1. The molecule has 0 atom stereocenters. The Balaban J connectivity index is 1.88. The molecule has 0 aliphatic heterocycles. The van der Waals surface area contributed by atoms with Crippen LogP contribution in [-0.4, -0.2) is 29.9 Å². The molecule has 0 amide bonds. The summed E-state index contributed by atoms with van der Waals surface area (Å²) < 4.78 is 28.8. The summed E-state index contributed by atoms with van der Waals surface area (Å²) in [7, 11) is 0. The highest BCUT2D eigenvalue weighted by atomic mass is 19.2. The fraction of sp³-hybridized carbons (Fsp3) is 0.0625. The van der Waals surface area contributed by atoms with Gasteiger partial charge in [0, 0.05) is 11.8 Å². The summed E-state index contributed by atoms with van der Waals surface area (Å²) in [5.41, 5.74) is 0.514. The standard InChI is InChI=1S/C16H10F2N6O/c17-11-5-1-3-9(13(11)18)8-24-16-10(4-2-6-19-16)14(23-24)15-21-12(25)7-20-22-15/h1-7H,8H2,(H,21,22,25). The topological polar surface area (TPSA) is 89.3 Å². The Labute approximate surface area is 139 Å². The lowest BCUT2D eigenvalue weighted by Gasteiger charge is -2.05. The molecule has 9 heteroatoms. The van der Waals surface area contributed by atoms with Gasteiger partial charge in [-0.25, -0.2) is 18.4 Å². The lowest BCUT2D eigenvalue weighted by Crippen LogP contribution is -2.09. The lowest BCUT2D eigenvalue weighted by molar-refractivity contribution is 0.493. The number of fused-ring (bicyclic) bond motifs is 1. The van der Waals surface area contributed by atoms with Gasteiger partial charge in [-0.2, -0.15) is 10.2 Å². The summed E-state index contributed by atoms with van der Waals surface area (Å²) in [6.07, 6.45) is 2.61. The predicted molar refractivity (Wildman–Crippen MR) is 84.6 cm³/mol. The number of H-pyrrole nitrogens is 1. The zero-order valence-corrected chi connectivity index (χ0v) is 12.6. The van der Waals surface area contributed by atoms with Crippen molar-refractivity contribution in [3.05, 3.63) is 70.3 Å². The number of nitrogens with zero attached hydrogens (tertiary/aromatic N) is 5. The van der Waals surface area contributed by atoms with Crippen molar-refractivity contribution in [2.45, 2.75) is 6.54 Å². The molecule has 0 radical (unpaired) electrons. The third-order valence-electron chi connectivity index (χ3n) is 3.66. The van der Waals surface area contributed by atoms with Crippen molar-refractivity contribution < 1.29 is 8.78 Å². The van der Waals surface area contributed by atoms with Gasteiger partial charge in [0.2, 0.25) is 0 Å². The molecule has 3 heterocycles. The maximum atomic E-state index is 14.0. The third kappa shape index (κ3) is 2.65. The summed E-state index contributed by atoms with van der Waals surface area (Å²) >= 11 is 0. The van der Waals surface area contributed by atoms with E-state index in [4.69, 9.17) is 0 Å². The normalized spacial score (nSPS) is 11.1. The number of halogens is 2. The Morgan fingerprint density at radius 1 is 1.16 bits per heavy atom. The first-order chi connectivity index (χ1) is 12.1. The maximum Gasteiger partial charge on any atom is 0.269 e. The number of aromatic amines is 1. The largest absolute Gasteiger partial charge is 0.302 e. The van der Waals surface area contributed by atoms with Gasteiger partial charge in [-0.1, -0.05) is 12.1 Å². The highest BCUT2D eigenvalue weighted by Crippen LogP contribution is 2.24. The van der Waals surface area contributed by atoms with Gasteiger partial charge in [-0.15, -0.1) is 5.10 Å². The van der Waals surface area contributed by atoms with Crippen LogP contribution in [0.5, 0.6) is 0 Å². The second kappa shape index (κ2) is 5.86. The lowest BCUT2D eigenvalue weighted by atomic mass is 10.2. The van der Waals surface area contributed by atoms with E-state index in [-0.39, 0.29) is 17.9 Å². The monoisotopic (exact) mass is 340 g/mol. The molecule has 0 saturated heterocycles. The van der Waals surface area contributed by atoms with Gasteiger partial charge < -0.3 is 4.98 Å². The van der Waals surface area contributed by atoms with Crippen LogP contribution >= 0.6 is 0 Å². The molecule has 0 spiro atoms. The number of benzene rings is 1. The molecule has 1 aromatic carbocycles. The number of aromatic nitrogens is 6. The molecule has 0 fully saturated rings. The average molecular weight is 340 g/mol. The summed E-state index contributed by atoms with van der Waals surface area (Å²) in [6.45, 7) is -0.0262. The van der Waals surface area contributed by atoms with Gasteiger partial charge in [-0.05, 0) is 18.2 Å². The van der Waals surface area contributed by atoms with E-state index in [1.807, 2.05) is 0 Å². The number of hydrogen-bond donors (Lipinski definition) is 1. The predicted octanol–water partition coefficient (Wildman–Crippen LogP) is 1.90. The van der Waals surface area contributed by atoms with Crippen LogP contribution in [0.1, 0.15) is 5.56 Å². The van der Waals surface area contributed by atoms with Gasteiger partial charge in [0.1, 0.15) is 11.9 Å². The molecule has 1 N–H and O–H groups in total. The van der Waals surface area contributed by atoms with Gasteiger partial charge in [0.15, 0.2) is 23.1 Å². The molecule has 0 aliphatic rings. The van der Waals surface area contributed by atoms with Crippen LogP contribution in [0.4, 0.5) is 8.78 Å². The first kappa shape index (κ1) is 15.1. The molecule has 4 rings (SSSR count). The Morgan fingerprint density at radius 3 is 2.88 bits per heavy atom. The minimum Gasteiger partial charge on any atom is -0.302 e. The van der Waals surface area contributed by atoms with Gasteiger partial charge in [0.05, 0.1) is 11.9 Å². The molecule has 0 bridgehead atoms. The third-order valence-corrected chi connectivity index (χ3v) is 3.66. The first-order valence-electron chi connectivity index (χ1n) is 7.30. The summed E-state index contributed by atoms with van der Waals surface area (Å²) in [4.78, 5) is 18.3. The maximum absolute atomic E-state index is 14.0. The highest BCUT2D eigenvalue weighted by molar-refractivity contribution is 5.88. The number of hydrogen-bond acceptors (Lipinski definition) is 5. The molecule has 124 valence electrons. The Hall–Kier alpha value is -3.49. The number of nitrogens with one attached hydrogen (secondary N) is 1. The van der Waals surface area contributed by atoms with Crippen LogP contribution in [-0.2, 0) is 6.54 Å². The summed E-state index contributed by atoms with van der Waals surface area (Å²) in [5, 5.41) is 12.4. The fourth-order valence-electron chi connectivity index (χ4n) is 2.55. The molecule has 0 saturated carbocycles. The molecule has 0 aliphatic carbocycles. The number of rotatable bonds is 3. The zero-order chi connectivity index (χ0) is 17.4. The second-order valence-electron chi connectivity index (χ2n) is 5.28. The minimum atomic E-state index is -0.934. The quantitative estimate of drug-likeness (QED) is 0.615. The Bertz CT molecular complexity index is 1140. The molecule has 3 aromatic heterocycles. The van der Waals surface area contributed by atoms with Crippen molar-refractivity contribution in [3.63, 3.8) is 0 Å². The Morgan fingerprint density at radius 2 is 2.04 bits per heavy atom. The van der Waals surface area contributed by atoms with E-state index in [1.165, 1.54) is 16.8 Å². The van der Waals surface area contributed by atoms with Crippen LogP contribution in [0.2, 0.25) is 0 Å². The average Bonchev–Trinajstić information content (AvgIpc) is 2.98. The van der Waals surface area contributed by atoms with E-state index in [2.05, 4.69) is 25.3 Å². The minimum absolute atomic E-state index is 0.0262. The van der Waals surface area contributed by atoms with Gasteiger partial charge in [-0.3, -0.25) is 4.79 Å². The van der Waals surface area contributed by atoms with E-state index >= 15 is 0 Å². The molecular weight excluding hydrogens is 330 g/mol. The molecule has 25 heavy (non-hydrogen) atoms. The smallest absolute Gasteiger partial charge is 0.269 e. The van der Waals surface area contributed by atoms with Crippen LogP contribution in [0.25, 0.3) is 22.6 Å². The summed E-state index contributed by atoms with van der Waals surface area (Å²) in [6, 6.07) is 7.39. The second-order valence-corrected chi connectivity index (χ2v) is 5.28. The van der Waals surface area contributed by atoms with E-state index < -0.39 is 17.2 Å².